The van der Waals surface area contributed by atoms with Gasteiger partial charge in [-0.2, -0.15) is 0 Å². The summed E-state index contributed by atoms with van der Waals surface area (Å²) < 4.78 is 6.43. The van der Waals surface area contributed by atoms with Gasteiger partial charge in [-0.05, 0) is 37.6 Å². The van der Waals surface area contributed by atoms with E-state index in [-0.39, 0.29) is 6.04 Å². The van der Waals surface area contributed by atoms with Crippen LogP contribution in [0.3, 0.4) is 0 Å². The molecule has 118 valence electrons. The number of benzene rings is 1. The van der Waals surface area contributed by atoms with Crippen LogP contribution in [0.5, 0.6) is 5.75 Å². The summed E-state index contributed by atoms with van der Waals surface area (Å²) in [6, 6.07) is 7.92. The van der Waals surface area contributed by atoms with E-state index in [1.54, 1.807) is 6.07 Å². The molecule has 1 aromatic heterocycles. The van der Waals surface area contributed by atoms with Gasteiger partial charge in [0, 0.05) is 28.6 Å². The molecule has 1 N–H and O–H groups in total. The molecule has 0 saturated carbocycles. The monoisotopic (exact) mass is 364 g/mol. The van der Waals surface area contributed by atoms with Gasteiger partial charge in [0.05, 0.1) is 6.04 Å². The highest BCUT2D eigenvalue weighted by Crippen LogP contribution is 2.35. The number of halogens is 1. The van der Waals surface area contributed by atoms with Gasteiger partial charge in [0.25, 0.3) is 0 Å². The molecule has 0 amide bonds. The van der Waals surface area contributed by atoms with E-state index >= 15 is 0 Å². The number of likely N-dealkylation sites (tertiary alicyclic amines) is 1. The molecule has 4 nitrogen and oxygen atoms in total. The third-order valence-electron chi connectivity index (χ3n) is 4.24. The van der Waals surface area contributed by atoms with Gasteiger partial charge in [0.2, 0.25) is 0 Å². The zero-order chi connectivity index (χ0) is 15.7. The van der Waals surface area contributed by atoms with Crippen LogP contribution >= 0.6 is 15.9 Å². The van der Waals surface area contributed by atoms with Crippen LogP contribution in [0.25, 0.3) is 0 Å². The molecule has 0 aliphatic carbocycles. The third-order valence-corrected chi connectivity index (χ3v) is 4.73. The van der Waals surface area contributed by atoms with Crippen LogP contribution in [0, 0.1) is 0 Å². The Balaban J connectivity index is 1.79. The van der Waals surface area contributed by atoms with Gasteiger partial charge in [-0.25, -0.2) is 0 Å². The number of hydrogen-bond donors (Lipinski definition) is 1. The van der Waals surface area contributed by atoms with E-state index in [2.05, 4.69) is 45.9 Å². The summed E-state index contributed by atoms with van der Waals surface area (Å²) in [5, 5.41) is 14.3. The highest BCUT2D eigenvalue weighted by atomic mass is 79.9. The van der Waals surface area contributed by atoms with Gasteiger partial charge in [-0.1, -0.05) is 34.9 Å². The van der Waals surface area contributed by atoms with E-state index in [0.29, 0.717) is 11.7 Å². The first-order chi connectivity index (χ1) is 10.5. The third kappa shape index (κ3) is 3.20. The van der Waals surface area contributed by atoms with E-state index < -0.39 is 0 Å². The molecule has 1 aliphatic heterocycles. The summed E-state index contributed by atoms with van der Waals surface area (Å²) >= 11 is 3.47. The summed E-state index contributed by atoms with van der Waals surface area (Å²) in [4.78, 5) is 2.36. The Morgan fingerprint density at radius 1 is 1.41 bits per heavy atom. The fourth-order valence-corrected chi connectivity index (χ4v) is 3.39. The lowest BCUT2D eigenvalue weighted by molar-refractivity contribution is 0.233. The SMILES string of the molecule is CC(C)c1cc(C2CCCN2Cc2cc(Br)ccc2O)no1. The fraction of sp³-hybridized carbons (Fsp3) is 0.471. The van der Waals surface area contributed by atoms with Gasteiger partial charge in [-0.3, -0.25) is 4.90 Å². The maximum atomic E-state index is 10.0. The lowest BCUT2D eigenvalue weighted by atomic mass is 10.1. The van der Waals surface area contributed by atoms with E-state index in [1.165, 1.54) is 0 Å². The standard InChI is InChI=1S/C17H21BrN2O2/c1-11(2)17-9-14(19-22-17)15-4-3-7-20(15)10-12-8-13(18)5-6-16(12)21/h5-6,8-9,11,15,21H,3-4,7,10H2,1-2H3. The van der Waals surface area contributed by atoms with Crippen molar-refractivity contribution in [2.45, 2.75) is 45.2 Å². The van der Waals surface area contributed by atoms with Crippen molar-refractivity contribution in [3.05, 3.63) is 45.8 Å². The summed E-state index contributed by atoms with van der Waals surface area (Å²) in [6.45, 7) is 5.95. The molecule has 0 radical (unpaired) electrons. The first kappa shape index (κ1) is 15.6. The maximum absolute atomic E-state index is 10.0. The first-order valence-electron chi connectivity index (χ1n) is 7.72. The summed E-state index contributed by atoms with van der Waals surface area (Å²) in [5.41, 5.74) is 1.95. The molecule has 22 heavy (non-hydrogen) atoms. The molecule has 2 heterocycles. The molecule has 1 aromatic carbocycles. The number of aromatic hydroxyl groups is 1. The maximum Gasteiger partial charge on any atom is 0.139 e. The smallest absolute Gasteiger partial charge is 0.139 e. The van der Waals surface area contributed by atoms with Crippen molar-refractivity contribution in [1.82, 2.24) is 10.1 Å². The van der Waals surface area contributed by atoms with Crippen LogP contribution in [-0.4, -0.2) is 21.7 Å². The molecule has 1 aliphatic rings. The molecule has 1 atom stereocenters. The predicted octanol–water partition coefficient (Wildman–Crippen LogP) is 4.60. The average molecular weight is 365 g/mol. The second kappa shape index (κ2) is 6.42. The fourth-order valence-electron chi connectivity index (χ4n) is 2.98. The molecule has 3 rings (SSSR count). The topological polar surface area (TPSA) is 49.5 Å². The van der Waals surface area contributed by atoms with Crippen LogP contribution in [0.1, 0.15) is 55.7 Å². The summed E-state index contributed by atoms with van der Waals surface area (Å²) in [6.07, 6.45) is 2.22. The van der Waals surface area contributed by atoms with Crippen LogP contribution in [0.15, 0.2) is 33.3 Å². The van der Waals surface area contributed by atoms with Gasteiger partial charge < -0.3 is 9.63 Å². The summed E-state index contributed by atoms with van der Waals surface area (Å²) in [7, 11) is 0. The van der Waals surface area contributed by atoms with Crippen molar-refractivity contribution in [3.8, 4) is 5.75 Å². The van der Waals surface area contributed by atoms with Crippen molar-refractivity contribution in [2.75, 3.05) is 6.54 Å². The minimum absolute atomic E-state index is 0.273. The Morgan fingerprint density at radius 2 is 2.23 bits per heavy atom. The first-order valence-corrected chi connectivity index (χ1v) is 8.52. The summed E-state index contributed by atoms with van der Waals surface area (Å²) in [5.74, 6) is 1.63. The van der Waals surface area contributed by atoms with Crippen LogP contribution in [0.2, 0.25) is 0 Å². The van der Waals surface area contributed by atoms with Crippen molar-refractivity contribution in [3.63, 3.8) is 0 Å². The van der Waals surface area contributed by atoms with Crippen LogP contribution < -0.4 is 0 Å². The number of rotatable bonds is 4. The molecule has 1 saturated heterocycles. The minimum atomic E-state index is 0.273. The molecule has 5 heteroatoms. The minimum Gasteiger partial charge on any atom is -0.508 e. The Labute approximate surface area is 139 Å². The second-order valence-electron chi connectivity index (χ2n) is 6.21. The van der Waals surface area contributed by atoms with Gasteiger partial charge in [0.1, 0.15) is 17.2 Å². The van der Waals surface area contributed by atoms with Gasteiger partial charge >= 0.3 is 0 Å². The highest BCUT2D eigenvalue weighted by Gasteiger charge is 2.29. The lowest BCUT2D eigenvalue weighted by Gasteiger charge is -2.23. The number of phenols is 1. The Morgan fingerprint density at radius 3 is 2.95 bits per heavy atom. The highest BCUT2D eigenvalue weighted by molar-refractivity contribution is 9.10. The molecular formula is C17H21BrN2O2. The van der Waals surface area contributed by atoms with Crippen molar-refractivity contribution in [2.24, 2.45) is 0 Å². The Bertz CT molecular complexity index is 654. The van der Waals surface area contributed by atoms with Gasteiger partial charge in [0.15, 0.2) is 0 Å². The molecule has 1 unspecified atom stereocenters. The normalized spacial score (nSPS) is 19.2. The van der Waals surface area contributed by atoms with E-state index in [1.807, 2.05) is 12.1 Å². The van der Waals surface area contributed by atoms with E-state index in [0.717, 1.165) is 47.4 Å². The van der Waals surface area contributed by atoms with Crippen LogP contribution in [0.4, 0.5) is 0 Å². The number of hydrogen-bond acceptors (Lipinski definition) is 4. The van der Waals surface area contributed by atoms with E-state index in [9.17, 15) is 5.11 Å². The molecule has 0 bridgehead atoms. The molecule has 0 spiro atoms. The predicted molar refractivity (Wildman–Crippen MR) is 88.8 cm³/mol. The van der Waals surface area contributed by atoms with Crippen molar-refractivity contribution in [1.29, 1.82) is 0 Å². The molecular weight excluding hydrogens is 344 g/mol. The zero-order valence-electron chi connectivity index (χ0n) is 12.9. The average Bonchev–Trinajstić information content (AvgIpc) is 3.11. The van der Waals surface area contributed by atoms with E-state index in [4.69, 9.17) is 4.52 Å². The lowest BCUT2D eigenvalue weighted by Crippen LogP contribution is -2.23. The second-order valence-corrected chi connectivity index (χ2v) is 7.13. The zero-order valence-corrected chi connectivity index (χ0v) is 14.5. The Hall–Kier alpha value is -1.33. The Kier molecular flexibility index (Phi) is 4.54. The van der Waals surface area contributed by atoms with Gasteiger partial charge in [-0.15, -0.1) is 0 Å². The number of nitrogens with zero attached hydrogens (tertiary/aromatic N) is 2. The van der Waals surface area contributed by atoms with Crippen molar-refractivity contribution < 1.29 is 9.63 Å². The molecule has 2 aromatic rings. The van der Waals surface area contributed by atoms with Crippen LogP contribution in [-0.2, 0) is 6.54 Å². The number of phenolic OH excluding ortho intramolecular Hbond substituents is 1. The quantitative estimate of drug-likeness (QED) is 0.860. The number of aromatic nitrogens is 1. The largest absolute Gasteiger partial charge is 0.508 e. The molecule has 1 fully saturated rings. The van der Waals surface area contributed by atoms with Crippen molar-refractivity contribution >= 4 is 15.9 Å².